The third-order valence-electron chi connectivity index (χ3n) is 3.73. The molecule has 0 aliphatic carbocycles. The third kappa shape index (κ3) is 4.46. The number of methoxy groups -OCH3 is 1. The number of ether oxygens (including phenoxy) is 1. The topological polar surface area (TPSA) is 59.1 Å². The van der Waals surface area contributed by atoms with Crippen LogP contribution in [0.5, 0.6) is 5.75 Å². The monoisotopic (exact) mass is 374 g/mol. The molecular formula is C19H17F3N4O. The van der Waals surface area contributed by atoms with Crippen molar-refractivity contribution in [3.05, 3.63) is 65.9 Å². The van der Waals surface area contributed by atoms with Crippen molar-refractivity contribution in [2.75, 3.05) is 17.7 Å². The Hall–Kier alpha value is -3.29. The summed E-state index contributed by atoms with van der Waals surface area (Å²) in [5.74, 6) is 0.0839. The Bertz CT molecular complexity index is 944. The summed E-state index contributed by atoms with van der Waals surface area (Å²) in [5, 5.41) is 5.62. The molecule has 3 aromatic rings. The van der Waals surface area contributed by atoms with Crippen LogP contribution in [0.4, 0.5) is 36.3 Å². The summed E-state index contributed by atoms with van der Waals surface area (Å²) in [7, 11) is 1.44. The highest BCUT2D eigenvalue weighted by Gasteiger charge is 2.35. The SMILES string of the molecule is COc1ccccc1Nc1nc(Nc2cccc(C)c2)ncc1C(F)(F)F. The summed E-state index contributed by atoms with van der Waals surface area (Å²) in [6, 6.07) is 14.0. The molecule has 0 spiro atoms. The highest BCUT2D eigenvalue weighted by Crippen LogP contribution is 2.36. The molecule has 0 saturated carbocycles. The summed E-state index contributed by atoms with van der Waals surface area (Å²) in [4.78, 5) is 7.83. The largest absolute Gasteiger partial charge is 0.495 e. The van der Waals surface area contributed by atoms with E-state index in [1.54, 1.807) is 30.3 Å². The number of nitrogens with one attached hydrogen (secondary N) is 2. The zero-order valence-corrected chi connectivity index (χ0v) is 14.6. The zero-order chi connectivity index (χ0) is 19.4. The maximum Gasteiger partial charge on any atom is 0.421 e. The highest BCUT2D eigenvalue weighted by atomic mass is 19.4. The Morgan fingerprint density at radius 2 is 1.78 bits per heavy atom. The lowest BCUT2D eigenvalue weighted by Gasteiger charge is -2.16. The number of para-hydroxylation sites is 2. The van der Waals surface area contributed by atoms with Gasteiger partial charge in [0, 0.05) is 11.9 Å². The zero-order valence-electron chi connectivity index (χ0n) is 14.6. The van der Waals surface area contributed by atoms with Gasteiger partial charge < -0.3 is 15.4 Å². The second-order valence-electron chi connectivity index (χ2n) is 5.77. The van der Waals surface area contributed by atoms with Gasteiger partial charge in [0.15, 0.2) is 0 Å². The molecule has 0 bridgehead atoms. The Morgan fingerprint density at radius 3 is 2.48 bits per heavy atom. The molecular weight excluding hydrogens is 357 g/mol. The quantitative estimate of drug-likeness (QED) is 0.635. The summed E-state index contributed by atoms with van der Waals surface area (Å²) < 4.78 is 45.3. The summed E-state index contributed by atoms with van der Waals surface area (Å²) in [5.41, 5.74) is 1.08. The molecule has 140 valence electrons. The molecule has 1 heterocycles. The van der Waals surface area contributed by atoms with E-state index in [-0.39, 0.29) is 11.8 Å². The lowest BCUT2D eigenvalue weighted by Crippen LogP contribution is -2.13. The lowest BCUT2D eigenvalue weighted by molar-refractivity contribution is -0.137. The van der Waals surface area contributed by atoms with Crippen LogP contribution in [-0.2, 0) is 6.18 Å². The second kappa shape index (κ2) is 7.53. The van der Waals surface area contributed by atoms with Crippen LogP contribution >= 0.6 is 0 Å². The van der Waals surface area contributed by atoms with Crippen LogP contribution in [-0.4, -0.2) is 17.1 Å². The molecule has 0 saturated heterocycles. The molecule has 0 unspecified atom stereocenters. The van der Waals surface area contributed by atoms with Gasteiger partial charge in [-0.05, 0) is 36.8 Å². The number of hydrogen-bond acceptors (Lipinski definition) is 5. The van der Waals surface area contributed by atoms with E-state index in [9.17, 15) is 13.2 Å². The van der Waals surface area contributed by atoms with Crippen LogP contribution in [0, 0.1) is 6.92 Å². The van der Waals surface area contributed by atoms with Crippen LogP contribution in [0.25, 0.3) is 0 Å². The van der Waals surface area contributed by atoms with Gasteiger partial charge in [-0.1, -0.05) is 24.3 Å². The van der Waals surface area contributed by atoms with Gasteiger partial charge in [-0.3, -0.25) is 0 Å². The van der Waals surface area contributed by atoms with Crippen molar-refractivity contribution < 1.29 is 17.9 Å². The van der Waals surface area contributed by atoms with Crippen LogP contribution in [0.2, 0.25) is 0 Å². The van der Waals surface area contributed by atoms with Gasteiger partial charge in [0.2, 0.25) is 5.95 Å². The number of nitrogens with zero attached hydrogens (tertiary/aromatic N) is 2. The summed E-state index contributed by atoms with van der Waals surface area (Å²) >= 11 is 0. The van der Waals surface area contributed by atoms with Gasteiger partial charge in [-0.25, -0.2) is 4.98 Å². The minimum absolute atomic E-state index is 0.0472. The number of rotatable bonds is 5. The minimum Gasteiger partial charge on any atom is -0.495 e. The van der Waals surface area contributed by atoms with E-state index in [1.165, 1.54) is 7.11 Å². The van der Waals surface area contributed by atoms with Crippen LogP contribution in [0.1, 0.15) is 11.1 Å². The van der Waals surface area contributed by atoms with E-state index in [4.69, 9.17) is 4.74 Å². The molecule has 3 rings (SSSR count). The lowest BCUT2D eigenvalue weighted by atomic mass is 10.2. The number of aromatic nitrogens is 2. The van der Waals surface area contributed by atoms with Crippen LogP contribution < -0.4 is 15.4 Å². The Morgan fingerprint density at radius 1 is 1.00 bits per heavy atom. The Balaban J connectivity index is 1.98. The summed E-state index contributed by atoms with van der Waals surface area (Å²) in [6.45, 7) is 1.91. The molecule has 1 aromatic heterocycles. The average Bonchev–Trinajstić information content (AvgIpc) is 2.61. The Kier molecular flexibility index (Phi) is 5.16. The molecule has 0 fully saturated rings. The standard InChI is InChI=1S/C19H17F3N4O/c1-12-6-5-7-13(10-12)24-18-23-11-14(19(20,21)22)17(26-18)25-15-8-3-4-9-16(15)27-2/h3-11H,1-2H3,(H2,23,24,25,26). The van der Waals surface area contributed by atoms with E-state index in [2.05, 4.69) is 20.6 Å². The van der Waals surface area contributed by atoms with E-state index in [1.807, 2.05) is 25.1 Å². The number of aryl methyl sites for hydroxylation is 1. The molecule has 0 radical (unpaired) electrons. The second-order valence-corrected chi connectivity index (χ2v) is 5.77. The average molecular weight is 374 g/mol. The number of alkyl halides is 3. The summed E-state index contributed by atoms with van der Waals surface area (Å²) in [6.07, 6.45) is -3.85. The molecule has 0 amide bonds. The smallest absolute Gasteiger partial charge is 0.421 e. The predicted octanol–water partition coefficient (Wildman–Crippen LogP) is 5.30. The number of benzene rings is 2. The third-order valence-corrected chi connectivity index (χ3v) is 3.73. The molecule has 0 aliphatic heterocycles. The van der Waals surface area contributed by atoms with Crippen LogP contribution in [0.3, 0.4) is 0 Å². The number of halogens is 3. The van der Waals surface area contributed by atoms with Crippen LogP contribution in [0.15, 0.2) is 54.7 Å². The van der Waals surface area contributed by atoms with E-state index in [0.717, 1.165) is 11.8 Å². The van der Waals surface area contributed by atoms with Crippen molar-refractivity contribution in [2.45, 2.75) is 13.1 Å². The first kappa shape index (κ1) is 18.5. The molecule has 0 atom stereocenters. The molecule has 5 nitrogen and oxygen atoms in total. The fraction of sp³-hybridized carbons (Fsp3) is 0.158. The Labute approximate surface area is 154 Å². The fourth-order valence-corrected chi connectivity index (χ4v) is 2.47. The van der Waals surface area contributed by atoms with E-state index < -0.39 is 11.7 Å². The molecule has 0 aliphatic rings. The van der Waals surface area contributed by atoms with Crippen molar-refractivity contribution in [3.63, 3.8) is 0 Å². The fourth-order valence-electron chi connectivity index (χ4n) is 2.47. The number of hydrogen-bond donors (Lipinski definition) is 2. The van der Waals surface area contributed by atoms with Gasteiger partial charge in [-0.2, -0.15) is 18.2 Å². The predicted molar refractivity (Wildman–Crippen MR) is 97.8 cm³/mol. The first-order chi connectivity index (χ1) is 12.9. The molecule has 27 heavy (non-hydrogen) atoms. The van der Waals surface area contributed by atoms with Crippen molar-refractivity contribution in [3.8, 4) is 5.75 Å². The van der Waals surface area contributed by atoms with E-state index in [0.29, 0.717) is 17.1 Å². The van der Waals surface area contributed by atoms with E-state index >= 15 is 0 Å². The van der Waals surface area contributed by atoms with Gasteiger partial charge >= 0.3 is 6.18 Å². The number of anilines is 4. The van der Waals surface area contributed by atoms with Crippen molar-refractivity contribution in [1.29, 1.82) is 0 Å². The normalized spacial score (nSPS) is 11.1. The molecule has 2 aromatic carbocycles. The van der Waals surface area contributed by atoms with Crippen molar-refractivity contribution in [2.24, 2.45) is 0 Å². The minimum atomic E-state index is -4.60. The maximum atomic E-state index is 13.4. The van der Waals surface area contributed by atoms with Crippen molar-refractivity contribution >= 4 is 23.1 Å². The maximum absolute atomic E-state index is 13.4. The van der Waals surface area contributed by atoms with Gasteiger partial charge in [-0.15, -0.1) is 0 Å². The molecule has 2 N–H and O–H groups in total. The highest BCUT2D eigenvalue weighted by molar-refractivity contribution is 5.67. The first-order valence-corrected chi connectivity index (χ1v) is 8.05. The van der Waals surface area contributed by atoms with Gasteiger partial charge in [0.25, 0.3) is 0 Å². The van der Waals surface area contributed by atoms with Gasteiger partial charge in [0.05, 0.1) is 12.8 Å². The molecule has 8 heteroatoms. The first-order valence-electron chi connectivity index (χ1n) is 8.05. The van der Waals surface area contributed by atoms with Crippen molar-refractivity contribution in [1.82, 2.24) is 9.97 Å². The van der Waals surface area contributed by atoms with Gasteiger partial charge in [0.1, 0.15) is 17.1 Å².